The summed E-state index contributed by atoms with van der Waals surface area (Å²) in [7, 11) is 0. The predicted octanol–water partition coefficient (Wildman–Crippen LogP) is 1.69. The molecule has 0 aromatic carbocycles. The van der Waals surface area contributed by atoms with Crippen LogP contribution < -0.4 is 0 Å². The van der Waals surface area contributed by atoms with Crippen LogP contribution in [0.3, 0.4) is 0 Å². The largest absolute Gasteiger partial charge is 0.287 e. The minimum Gasteiger partial charge on any atom is -0.258 e. The zero-order valence-corrected chi connectivity index (χ0v) is 9.33. The number of aromatic nitrogens is 1. The summed E-state index contributed by atoms with van der Waals surface area (Å²) < 4.78 is 0. The third-order valence-electron chi connectivity index (χ3n) is 2.42. The fourth-order valence-electron chi connectivity index (χ4n) is 1.39. The summed E-state index contributed by atoms with van der Waals surface area (Å²) in [6.45, 7) is 0. The molecule has 0 N–H and O–H groups in total. The monoisotopic (exact) mass is 240 g/mol. The third-order valence-corrected chi connectivity index (χ3v) is 2.42. The van der Waals surface area contributed by atoms with Crippen molar-refractivity contribution in [3.05, 3.63) is 34.1 Å². The van der Waals surface area contributed by atoms with Crippen molar-refractivity contribution >= 4 is 5.69 Å². The summed E-state index contributed by atoms with van der Waals surface area (Å²) in [5, 5.41) is 28.7. The van der Waals surface area contributed by atoms with Crippen molar-refractivity contribution in [2.75, 3.05) is 0 Å². The van der Waals surface area contributed by atoms with E-state index >= 15 is 0 Å². The molecule has 88 valence electrons. The smallest absolute Gasteiger partial charge is 0.258 e. The molecule has 1 aromatic rings. The molecule has 0 aliphatic rings. The van der Waals surface area contributed by atoms with Crippen molar-refractivity contribution in [1.29, 1.82) is 10.5 Å². The van der Waals surface area contributed by atoms with Crippen LogP contribution in [-0.4, -0.2) is 9.91 Å². The van der Waals surface area contributed by atoms with Crippen LogP contribution in [0.1, 0.15) is 18.5 Å². The summed E-state index contributed by atoms with van der Waals surface area (Å²) in [6, 6.07) is 6.27. The van der Waals surface area contributed by atoms with Gasteiger partial charge in [0.15, 0.2) is 5.41 Å². The first kappa shape index (κ1) is 13.2. The summed E-state index contributed by atoms with van der Waals surface area (Å²) in [5.41, 5.74) is -1.48. The maximum atomic E-state index is 10.5. The van der Waals surface area contributed by atoms with Gasteiger partial charge in [-0.2, -0.15) is 10.5 Å². The van der Waals surface area contributed by atoms with Gasteiger partial charge in [0.2, 0.25) is 0 Å². The maximum Gasteiger partial charge on any atom is 0.287 e. The summed E-state index contributed by atoms with van der Waals surface area (Å²) >= 11 is 0. The highest BCUT2D eigenvalue weighted by atomic mass is 16.6. The number of nitro groups is 1. The Bertz CT molecular complexity index is 558. The van der Waals surface area contributed by atoms with Crippen molar-refractivity contribution in [2.24, 2.45) is 0 Å². The van der Waals surface area contributed by atoms with Gasteiger partial charge in [0, 0.05) is 12.5 Å². The fourth-order valence-corrected chi connectivity index (χ4v) is 1.39. The lowest BCUT2D eigenvalue weighted by atomic mass is 9.82. The van der Waals surface area contributed by atoms with Gasteiger partial charge in [0.1, 0.15) is 6.20 Å². The Hall–Kier alpha value is -2.91. The van der Waals surface area contributed by atoms with Gasteiger partial charge in [-0.25, -0.2) is 0 Å². The predicted molar refractivity (Wildman–Crippen MR) is 61.9 cm³/mol. The molecule has 6 nitrogen and oxygen atoms in total. The number of pyridine rings is 1. The van der Waals surface area contributed by atoms with Crippen molar-refractivity contribution in [3.8, 4) is 24.5 Å². The number of hydrogen-bond donors (Lipinski definition) is 0. The minimum absolute atomic E-state index is 0.140. The standard InChI is InChI=1S/C12H8N4O2/c1-2-3-6-12(8-13,9-14)11-5-4-10(7-15-11)16(17)18/h1,4-5,7H,3,6H2. The van der Waals surface area contributed by atoms with E-state index in [1.165, 1.54) is 12.1 Å². The third kappa shape index (κ3) is 2.42. The lowest BCUT2D eigenvalue weighted by Gasteiger charge is -2.15. The summed E-state index contributed by atoms with van der Waals surface area (Å²) in [5.74, 6) is 2.35. The van der Waals surface area contributed by atoms with Crippen LogP contribution >= 0.6 is 0 Å². The molecule has 0 unspecified atom stereocenters. The Balaban J connectivity index is 3.17. The molecule has 0 aliphatic carbocycles. The molecule has 1 aromatic heterocycles. The van der Waals surface area contributed by atoms with E-state index in [1.54, 1.807) is 0 Å². The average molecular weight is 240 g/mol. The van der Waals surface area contributed by atoms with E-state index in [1.807, 2.05) is 12.1 Å². The highest BCUT2D eigenvalue weighted by Crippen LogP contribution is 2.27. The second-order valence-electron chi connectivity index (χ2n) is 3.49. The van der Waals surface area contributed by atoms with E-state index in [0.29, 0.717) is 0 Å². The molecule has 0 spiro atoms. The van der Waals surface area contributed by atoms with E-state index in [4.69, 9.17) is 16.9 Å². The number of nitriles is 2. The van der Waals surface area contributed by atoms with Crippen molar-refractivity contribution in [2.45, 2.75) is 18.3 Å². The molecule has 0 amide bonds. The number of terminal acetylenes is 1. The van der Waals surface area contributed by atoms with E-state index in [-0.39, 0.29) is 24.2 Å². The molecule has 0 saturated carbocycles. The van der Waals surface area contributed by atoms with Crippen LogP contribution in [0.15, 0.2) is 18.3 Å². The molecular weight excluding hydrogens is 232 g/mol. The molecular formula is C12H8N4O2. The van der Waals surface area contributed by atoms with Gasteiger partial charge in [-0.3, -0.25) is 15.1 Å². The lowest BCUT2D eigenvalue weighted by Crippen LogP contribution is -2.23. The second kappa shape index (κ2) is 5.43. The maximum absolute atomic E-state index is 10.5. The first-order chi connectivity index (χ1) is 8.59. The van der Waals surface area contributed by atoms with Gasteiger partial charge in [-0.15, -0.1) is 12.3 Å². The Kier molecular flexibility index (Phi) is 3.97. The van der Waals surface area contributed by atoms with E-state index in [0.717, 1.165) is 6.20 Å². The van der Waals surface area contributed by atoms with Crippen molar-refractivity contribution < 1.29 is 4.92 Å². The molecule has 1 rings (SSSR count). The van der Waals surface area contributed by atoms with E-state index in [2.05, 4.69) is 10.9 Å². The Morgan fingerprint density at radius 2 is 2.11 bits per heavy atom. The van der Waals surface area contributed by atoms with E-state index in [9.17, 15) is 10.1 Å². The van der Waals surface area contributed by atoms with Gasteiger partial charge in [0.05, 0.1) is 22.8 Å². The van der Waals surface area contributed by atoms with Gasteiger partial charge < -0.3 is 0 Å². The first-order valence-corrected chi connectivity index (χ1v) is 4.96. The first-order valence-electron chi connectivity index (χ1n) is 4.96. The van der Waals surface area contributed by atoms with Gasteiger partial charge in [-0.05, 0) is 12.5 Å². The van der Waals surface area contributed by atoms with Crippen molar-refractivity contribution in [1.82, 2.24) is 4.98 Å². The van der Waals surface area contributed by atoms with Crippen LogP contribution in [0.2, 0.25) is 0 Å². The SMILES string of the molecule is C#CCCC(C#N)(C#N)c1ccc([N+](=O)[O-])cn1. The normalized spacial score (nSPS) is 9.83. The van der Waals surface area contributed by atoms with E-state index < -0.39 is 10.3 Å². The Morgan fingerprint density at radius 3 is 2.50 bits per heavy atom. The average Bonchev–Trinajstić information content (AvgIpc) is 2.41. The Morgan fingerprint density at radius 1 is 1.44 bits per heavy atom. The summed E-state index contributed by atoms with van der Waals surface area (Å²) in [6.07, 6.45) is 6.52. The zero-order valence-electron chi connectivity index (χ0n) is 9.33. The van der Waals surface area contributed by atoms with Crippen LogP contribution in [0.25, 0.3) is 0 Å². The molecule has 0 aliphatic heterocycles. The Labute approximate surface area is 104 Å². The van der Waals surface area contributed by atoms with Crippen LogP contribution in [0.5, 0.6) is 0 Å². The molecule has 1 heterocycles. The van der Waals surface area contributed by atoms with Crippen LogP contribution in [-0.2, 0) is 5.41 Å². The summed E-state index contributed by atoms with van der Waals surface area (Å²) in [4.78, 5) is 13.7. The number of rotatable bonds is 4. The van der Waals surface area contributed by atoms with Gasteiger partial charge in [0.25, 0.3) is 5.69 Å². The zero-order chi connectivity index (χ0) is 13.6. The molecule has 0 radical (unpaired) electrons. The molecule has 0 bridgehead atoms. The minimum atomic E-state index is -1.46. The highest BCUT2D eigenvalue weighted by Gasteiger charge is 2.33. The highest BCUT2D eigenvalue weighted by molar-refractivity contribution is 5.39. The quantitative estimate of drug-likeness (QED) is 0.452. The number of nitrogens with zero attached hydrogens (tertiary/aromatic N) is 4. The van der Waals surface area contributed by atoms with Crippen LogP contribution in [0.4, 0.5) is 5.69 Å². The van der Waals surface area contributed by atoms with Gasteiger partial charge in [-0.1, -0.05) is 0 Å². The molecule has 0 saturated heterocycles. The second-order valence-corrected chi connectivity index (χ2v) is 3.49. The number of hydrogen-bond acceptors (Lipinski definition) is 5. The molecule has 0 atom stereocenters. The topological polar surface area (TPSA) is 104 Å². The fraction of sp³-hybridized carbons (Fsp3) is 0.250. The molecule has 18 heavy (non-hydrogen) atoms. The van der Waals surface area contributed by atoms with Crippen molar-refractivity contribution in [3.63, 3.8) is 0 Å². The lowest BCUT2D eigenvalue weighted by molar-refractivity contribution is -0.385. The van der Waals surface area contributed by atoms with Crippen LogP contribution in [0, 0.1) is 45.1 Å². The van der Waals surface area contributed by atoms with Gasteiger partial charge >= 0.3 is 0 Å². The molecule has 0 fully saturated rings. The molecule has 6 heteroatoms.